The Hall–Kier alpha value is -4.13. The molecule has 0 bridgehead atoms. The van der Waals surface area contributed by atoms with E-state index in [-0.39, 0.29) is 17.2 Å². The van der Waals surface area contributed by atoms with Crippen LogP contribution in [0.3, 0.4) is 0 Å². The summed E-state index contributed by atoms with van der Waals surface area (Å²) in [5.41, 5.74) is 8.92. The molecule has 3 aromatic rings. The van der Waals surface area contributed by atoms with Gasteiger partial charge in [0.05, 0.1) is 11.4 Å². The number of anilines is 2. The minimum atomic E-state index is -0.395. The van der Waals surface area contributed by atoms with E-state index in [0.717, 1.165) is 5.56 Å². The molecule has 5 N–H and O–H groups in total. The van der Waals surface area contributed by atoms with E-state index in [0.29, 0.717) is 28.1 Å². The molecule has 7 nitrogen and oxygen atoms in total. The Labute approximate surface area is 187 Å². The summed E-state index contributed by atoms with van der Waals surface area (Å²) < 4.78 is 0. The van der Waals surface area contributed by atoms with Crippen molar-refractivity contribution in [1.29, 1.82) is 0 Å². The van der Waals surface area contributed by atoms with Gasteiger partial charge in [-0.15, -0.1) is 0 Å². The largest absolute Gasteiger partial charge is 0.409 e. The number of hydrogen-bond acceptors (Lipinski definition) is 4. The Bertz CT molecular complexity index is 1160. The summed E-state index contributed by atoms with van der Waals surface area (Å²) in [5, 5.41) is 17.5. The lowest BCUT2D eigenvalue weighted by Crippen LogP contribution is -2.18. The molecular weight excluding hydrogens is 404 g/mol. The normalized spacial score (nSPS) is 11.7. The zero-order valence-electron chi connectivity index (χ0n) is 18.2. The average molecular weight is 431 g/mol. The van der Waals surface area contributed by atoms with Gasteiger partial charge in [-0.1, -0.05) is 62.3 Å². The second kappa shape index (κ2) is 9.34. The van der Waals surface area contributed by atoms with Crippen LogP contribution in [0.25, 0.3) is 0 Å². The van der Waals surface area contributed by atoms with Crippen molar-refractivity contribution in [1.82, 2.24) is 0 Å². The molecule has 0 saturated heterocycles. The van der Waals surface area contributed by atoms with Gasteiger partial charge in [-0.3, -0.25) is 9.59 Å². The number of para-hydroxylation sites is 2. The first-order chi connectivity index (χ1) is 15.2. The van der Waals surface area contributed by atoms with E-state index >= 15 is 0 Å². The van der Waals surface area contributed by atoms with Crippen molar-refractivity contribution in [2.75, 3.05) is 10.6 Å². The molecule has 7 heteroatoms. The van der Waals surface area contributed by atoms with E-state index in [9.17, 15) is 9.59 Å². The van der Waals surface area contributed by atoms with Gasteiger partial charge in [0.1, 0.15) is 0 Å². The van der Waals surface area contributed by atoms with E-state index < -0.39 is 5.91 Å². The highest BCUT2D eigenvalue weighted by Gasteiger charge is 2.16. The molecule has 3 rings (SSSR count). The first-order valence-electron chi connectivity index (χ1n) is 10.1. The van der Waals surface area contributed by atoms with Crippen molar-refractivity contribution in [3.8, 4) is 0 Å². The van der Waals surface area contributed by atoms with Gasteiger partial charge in [0, 0.05) is 16.7 Å². The van der Waals surface area contributed by atoms with Crippen molar-refractivity contribution in [3.05, 3.63) is 95.1 Å². The molecule has 32 heavy (non-hydrogen) atoms. The molecule has 2 amide bonds. The topological polar surface area (TPSA) is 117 Å². The van der Waals surface area contributed by atoms with Crippen LogP contribution in [-0.2, 0) is 5.41 Å². The summed E-state index contributed by atoms with van der Waals surface area (Å²) in [6, 6.07) is 20.8. The molecule has 164 valence electrons. The molecular formula is C25H26N4O3. The lowest BCUT2D eigenvalue weighted by molar-refractivity contribution is 0.101. The van der Waals surface area contributed by atoms with E-state index in [1.54, 1.807) is 54.6 Å². The van der Waals surface area contributed by atoms with Gasteiger partial charge in [-0.2, -0.15) is 0 Å². The van der Waals surface area contributed by atoms with E-state index in [1.807, 2.05) is 12.1 Å². The minimum Gasteiger partial charge on any atom is -0.409 e. The third-order valence-corrected chi connectivity index (χ3v) is 4.96. The Morgan fingerprint density at radius 2 is 1.31 bits per heavy atom. The van der Waals surface area contributed by atoms with Crippen molar-refractivity contribution in [2.45, 2.75) is 26.2 Å². The molecule has 0 unspecified atom stereocenters. The Balaban J connectivity index is 1.78. The highest BCUT2D eigenvalue weighted by atomic mass is 16.4. The summed E-state index contributed by atoms with van der Waals surface area (Å²) in [6.45, 7) is 6.34. The van der Waals surface area contributed by atoms with Gasteiger partial charge in [0.25, 0.3) is 11.8 Å². The number of amidine groups is 1. The predicted molar refractivity (Wildman–Crippen MR) is 126 cm³/mol. The van der Waals surface area contributed by atoms with Crippen LogP contribution in [-0.4, -0.2) is 22.9 Å². The van der Waals surface area contributed by atoms with Gasteiger partial charge < -0.3 is 21.6 Å². The third-order valence-electron chi connectivity index (χ3n) is 4.96. The smallest absolute Gasteiger partial charge is 0.255 e. The number of hydrogen-bond donors (Lipinski definition) is 4. The quantitative estimate of drug-likeness (QED) is 0.205. The summed E-state index contributed by atoms with van der Waals surface area (Å²) >= 11 is 0. The Morgan fingerprint density at radius 3 is 1.84 bits per heavy atom. The fraction of sp³-hybridized carbons (Fsp3) is 0.160. The summed E-state index contributed by atoms with van der Waals surface area (Å²) in [5.74, 6) is -0.764. The number of benzene rings is 3. The fourth-order valence-corrected chi connectivity index (χ4v) is 3.09. The highest BCUT2D eigenvalue weighted by molar-refractivity contribution is 6.10. The number of rotatable bonds is 5. The average Bonchev–Trinajstić information content (AvgIpc) is 2.79. The van der Waals surface area contributed by atoms with Crippen LogP contribution in [0.1, 0.15) is 52.6 Å². The van der Waals surface area contributed by atoms with Crippen LogP contribution in [0.5, 0.6) is 0 Å². The number of oxime groups is 1. The molecule has 0 aromatic heterocycles. The van der Waals surface area contributed by atoms with Gasteiger partial charge in [-0.05, 0) is 47.4 Å². The van der Waals surface area contributed by atoms with Crippen LogP contribution in [0, 0.1) is 0 Å². The van der Waals surface area contributed by atoms with Crippen LogP contribution in [0.4, 0.5) is 11.4 Å². The van der Waals surface area contributed by atoms with Crippen molar-refractivity contribution in [2.24, 2.45) is 10.9 Å². The number of nitrogens with zero attached hydrogens (tertiary/aromatic N) is 1. The summed E-state index contributed by atoms with van der Waals surface area (Å²) in [6.07, 6.45) is 0. The zero-order valence-corrected chi connectivity index (χ0v) is 18.2. The minimum absolute atomic E-state index is 0.00309. The molecule has 0 saturated carbocycles. The lowest BCUT2D eigenvalue weighted by Gasteiger charge is -2.19. The molecule has 0 aliphatic heterocycles. The van der Waals surface area contributed by atoms with Crippen LogP contribution in [0.2, 0.25) is 0 Å². The SMILES string of the molecule is CC(C)(C)c1ccc(C(=O)Nc2ccccc2NC(=O)c2cccc(C(N)=NO)c2)cc1. The summed E-state index contributed by atoms with van der Waals surface area (Å²) in [4.78, 5) is 25.5. The highest BCUT2D eigenvalue weighted by Crippen LogP contribution is 2.25. The van der Waals surface area contributed by atoms with Crippen molar-refractivity contribution < 1.29 is 14.8 Å². The zero-order chi connectivity index (χ0) is 23.3. The van der Waals surface area contributed by atoms with E-state index in [4.69, 9.17) is 10.9 Å². The molecule has 3 aromatic carbocycles. The Morgan fingerprint density at radius 1 is 0.781 bits per heavy atom. The third kappa shape index (κ3) is 5.31. The molecule has 0 heterocycles. The maximum Gasteiger partial charge on any atom is 0.255 e. The van der Waals surface area contributed by atoms with Crippen molar-refractivity contribution in [3.63, 3.8) is 0 Å². The standard InChI is InChI=1S/C25H26N4O3/c1-25(2,3)19-13-11-16(12-14-19)23(30)27-20-9-4-5-10-21(20)28-24(31)18-8-6-7-17(15-18)22(26)29-32/h4-15,32H,1-3H3,(H2,26,29)(H,27,30)(H,28,31). The molecule has 0 aliphatic rings. The number of nitrogens with one attached hydrogen (secondary N) is 2. The monoisotopic (exact) mass is 430 g/mol. The predicted octanol–water partition coefficient (Wildman–Crippen LogP) is 4.58. The number of carbonyl (C=O) groups is 2. The van der Waals surface area contributed by atoms with Gasteiger partial charge in [0.2, 0.25) is 0 Å². The maximum absolute atomic E-state index is 12.8. The van der Waals surface area contributed by atoms with Gasteiger partial charge in [0.15, 0.2) is 5.84 Å². The molecule has 0 aliphatic carbocycles. The van der Waals surface area contributed by atoms with E-state index in [2.05, 4.69) is 36.6 Å². The first kappa shape index (κ1) is 22.6. The van der Waals surface area contributed by atoms with Crippen LogP contribution in [0.15, 0.2) is 78.0 Å². The second-order valence-corrected chi connectivity index (χ2v) is 8.35. The number of amides is 2. The van der Waals surface area contributed by atoms with Gasteiger partial charge in [-0.25, -0.2) is 0 Å². The first-order valence-corrected chi connectivity index (χ1v) is 10.1. The van der Waals surface area contributed by atoms with Crippen LogP contribution < -0.4 is 16.4 Å². The Kier molecular flexibility index (Phi) is 6.59. The molecule has 0 radical (unpaired) electrons. The summed E-state index contributed by atoms with van der Waals surface area (Å²) in [7, 11) is 0. The molecule has 0 spiro atoms. The van der Waals surface area contributed by atoms with E-state index in [1.165, 1.54) is 6.07 Å². The second-order valence-electron chi connectivity index (χ2n) is 8.35. The number of nitrogens with two attached hydrogens (primary N) is 1. The lowest BCUT2D eigenvalue weighted by atomic mass is 9.87. The maximum atomic E-state index is 12.8. The van der Waals surface area contributed by atoms with Gasteiger partial charge >= 0.3 is 0 Å². The number of carbonyl (C=O) groups excluding carboxylic acids is 2. The van der Waals surface area contributed by atoms with Crippen LogP contribution >= 0.6 is 0 Å². The molecule has 0 fully saturated rings. The van der Waals surface area contributed by atoms with Crippen molar-refractivity contribution >= 4 is 29.0 Å². The fourth-order valence-electron chi connectivity index (χ4n) is 3.09. The molecule has 0 atom stereocenters.